The highest BCUT2D eigenvalue weighted by Crippen LogP contribution is 1.99. The van der Waals surface area contributed by atoms with Crippen LogP contribution in [-0.4, -0.2) is 18.5 Å². The van der Waals surface area contributed by atoms with Crippen molar-refractivity contribution >= 4 is 11.9 Å². The maximum Gasteiger partial charge on any atom is 0.0780 e. The maximum absolute atomic E-state index is 5.20. The normalized spacial score (nSPS) is 13.2. The Morgan fingerprint density at radius 2 is 2.17 bits per heavy atom. The topological polar surface area (TPSA) is 50.7 Å². The van der Waals surface area contributed by atoms with Gasteiger partial charge in [0.1, 0.15) is 0 Å². The Hall–Kier alpha value is -0.860. The first-order chi connectivity index (χ1) is 5.70. The lowest BCUT2D eigenvalue weighted by Gasteiger charge is -2.01. The van der Waals surface area contributed by atoms with Crippen LogP contribution in [0.2, 0.25) is 0 Å². The highest BCUT2D eigenvalue weighted by Gasteiger charge is 1.98. The smallest absolute Gasteiger partial charge is 0.0780 e. The Morgan fingerprint density at radius 3 is 2.58 bits per heavy atom. The first-order valence-corrected chi connectivity index (χ1v) is 4.47. The van der Waals surface area contributed by atoms with Crippen LogP contribution in [-0.2, 0) is 0 Å². The number of nitrogens with zero attached hydrogens (tertiary/aromatic N) is 2. The molecule has 0 radical (unpaired) electrons. The number of rotatable bonds is 5. The number of hydrazone groups is 1. The van der Waals surface area contributed by atoms with E-state index in [0.29, 0.717) is 5.92 Å². The van der Waals surface area contributed by atoms with E-state index in [1.807, 2.05) is 0 Å². The largest absolute Gasteiger partial charge is 0.323 e. The molecule has 0 rings (SSSR count). The Balaban J connectivity index is 3.84. The molecule has 0 atom stereocenters. The molecule has 0 saturated carbocycles. The van der Waals surface area contributed by atoms with E-state index >= 15 is 0 Å². The predicted octanol–water partition coefficient (Wildman–Crippen LogP) is 1.83. The van der Waals surface area contributed by atoms with Gasteiger partial charge >= 0.3 is 0 Å². The zero-order valence-corrected chi connectivity index (χ0v) is 8.25. The molecule has 0 aliphatic rings. The molecule has 0 saturated heterocycles. The summed E-state index contributed by atoms with van der Waals surface area (Å²) < 4.78 is 0. The molecule has 3 heteroatoms. The molecule has 0 aliphatic heterocycles. The summed E-state index contributed by atoms with van der Waals surface area (Å²) in [5.41, 5.74) is 0.887. The number of nitrogens with two attached hydrogens (primary N) is 1. The molecule has 0 amide bonds. The van der Waals surface area contributed by atoms with Gasteiger partial charge in [0.05, 0.1) is 5.71 Å². The zero-order valence-electron chi connectivity index (χ0n) is 8.25. The van der Waals surface area contributed by atoms with Crippen molar-refractivity contribution in [3.8, 4) is 0 Å². The monoisotopic (exact) mass is 169 g/mol. The summed E-state index contributed by atoms with van der Waals surface area (Å²) in [5, 5.41) is 3.67. The van der Waals surface area contributed by atoms with E-state index in [1.54, 1.807) is 6.21 Å². The lowest BCUT2D eigenvalue weighted by atomic mass is 10.1. The van der Waals surface area contributed by atoms with E-state index in [9.17, 15) is 0 Å². The van der Waals surface area contributed by atoms with Crippen molar-refractivity contribution in [1.29, 1.82) is 0 Å². The van der Waals surface area contributed by atoms with Gasteiger partial charge in [0.2, 0.25) is 0 Å². The van der Waals surface area contributed by atoms with Crippen LogP contribution in [0.1, 0.15) is 33.6 Å². The van der Waals surface area contributed by atoms with Crippen molar-refractivity contribution in [1.82, 2.24) is 0 Å². The van der Waals surface area contributed by atoms with E-state index in [2.05, 4.69) is 30.9 Å². The Morgan fingerprint density at radius 1 is 1.50 bits per heavy atom. The molecular weight excluding hydrogens is 150 g/mol. The van der Waals surface area contributed by atoms with Gasteiger partial charge in [-0.1, -0.05) is 20.8 Å². The van der Waals surface area contributed by atoms with E-state index in [4.69, 9.17) is 5.84 Å². The van der Waals surface area contributed by atoms with Crippen LogP contribution >= 0.6 is 0 Å². The van der Waals surface area contributed by atoms with Gasteiger partial charge in [-0.2, -0.15) is 5.10 Å². The number of hydrogen-bond acceptors (Lipinski definition) is 3. The third-order valence-electron chi connectivity index (χ3n) is 1.38. The Labute approximate surface area is 74.8 Å². The fourth-order valence-corrected chi connectivity index (χ4v) is 0.856. The Kier molecular flexibility index (Phi) is 6.34. The van der Waals surface area contributed by atoms with Crippen LogP contribution in [0.4, 0.5) is 0 Å². The summed E-state index contributed by atoms with van der Waals surface area (Å²) in [7, 11) is 0. The van der Waals surface area contributed by atoms with Gasteiger partial charge in [0, 0.05) is 12.8 Å². The van der Waals surface area contributed by atoms with Crippen molar-refractivity contribution in [2.24, 2.45) is 21.9 Å². The van der Waals surface area contributed by atoms with Crippen LogP contribution < -0.4 is 5.84 Å². The molecule has 0 heterocycles. The standard InChI is InChI=1S/C9H19N3/c1-4-5-11-7-9(12-10)6-8(2)3/h7-8H,4-6,10H2,1-3H3/b11-7?,12-9-. The van der Waals surface area contributed by atoms with E-state index in [1.165, 1.54) is 0 Å². The van der Waals surface area contributed by atoms with Gasteiger partial charge < -0.3 is 5.84 Å². The number of hydrogen-bond donors (Lipinski definition) is 1. The van der Waals surface area contributed by atoms with Crippen molar-refractivity contribution in [2.45, 2.75) is 33.6 Å². The van der Waals surface area contributed by atoms with Crippen LogP contribution in [0.5, 0.6) is 0 Å². The summed E-state index contributed by atoms with van der Waals surface area (Å²) in [6, 6.07) is 0. The molecule has 70 valence electrons. The van der Waals surface area contributed by atoms with Gasteiger partial charge in [-0.05, 0) is 18.8 Å². The molecule has 0 bridgehead atoms. The molecule has 0 aromatic rings. The molecule has 0 aromatic carbocycles. The van der Waals surface area contributed by atoms with E-state index in [-0.39, 0.29) is 0 Å². The molecule has 0 aromatic heterocycles. The SMILES string of the molecule is CCCN=C/C(CC(C)C)=N\N. The predicted molar refractivity (Wildman–Crippen MR) is 54.7 cm³/mol. The molecule has 0 spiro atoms. The second-order valence-corrected chi connectivity index (χ2v) is 3.25. The lowest BCUT2D eigenvalue weighted by Crippen LogP contribution is -2.07. The lowest BCUT2D eigenvalue weighted by molar-refractivity contribution is 0.685. The van der Waals surface area contributed by atoms with Gasteiger partial charge in [0.25, 0.3) is 0 Å². The summed E-state index contributed by atoms with van der Waals surface area (Å²) >= 11 is 0. The minimum Gasteiger partial charge on any atom is -0.323 e. The fraction of sp³-hybridized carbons (Fsp3) is 0.778. The molecule has 0 unspecified atom stereocenters. The molecular formula is C9H19N3. The van der Waals surface area contributed by atoms with Crippen molar-refractivity contribution in [3.63, 3.8) is 0 Å². The molecule has 0 aliphatic carbocycles. The third-order valence-corrected chi connectivity index (χ3v) is 1.38. The molecule has 3 nitrogen and oxygen atoms in total. The highest BCUT2D eigenvalue weighted by atomic mass is 15.1. The summed E-state index contributed by atoms with van der Waals surface area (Å²) in [4.78, 5) is 4.18. The van der Waals surface area contributed by atoms with E-state index < -0.39 is 0 Å². The average Bonchev–Trinajstić information content (AvgIpc) is 2.02. The number of aliphatic imine (C=N–C) groups is 1. The first kappa shape index (κ1) is 11.1. The highest BCUT2D eigenvalue weighted by molar-refractivity contribution is 6.30. The van der Waals surface area contributed by atoms with Crippen LogP contribution in [0.25, 0.3) is 0 Å². The fourth-order valence-electron chi connectivity index (χ4n) is 0.856. The quantitative estimate of drug-likeness (QED) is 0.381. The van der Waals surface area contributed by atoms with Crippen molar-refractivity contribution in [2.75, 3.05) is 6.54 Å². The van der Waals surface area contributed by atoms with Gasteiger partial charge in [-0.15, -0.1) is 0 Å². The second kappa shape index (κ2) is 6.83. The zero-order chi connectivity index (χ0) is 9.40. The third kappa shape index (κ3) is 5.89. The second-order valence-electron chi connectivity index (χ2n) is 3.25. The van der Waals surface area contributed by atoms with Crippen molar-refractivity contribution in [3.05, 3.63) is 0 Å². The van der Waals surface area contributed by atoms with Crippen LogP contribution in [0.3, 0.4) is 0 Å². The maximum atomic E-state index is 5.20. The van der Waals surface area contributed by atoms with E-state index in [0.717, 1.165) is 25.1 Å². The summed E-state index contributed by atoms with van der Waals surface area (Å²) in [6.45, 7) is 7.23. The van der Waals surface area contributed by atoms with Gasteiger partial charge in [-0.25, -0.2) is 0 Å². The molecule has 12 heavy (non-hydrogen) atoms. The van der Waals surface area contributed by atoms with Gasteiger partial charge in [0.15, 0.2) is 0 Å². The first-order valence-electron chi connectivity index (χ1n) is 4.47. The average molecular weight is 169 g/mol. The van der Waals surface area contributed by atoms with Crippen LogP contribution in [0.15, 0.2) is 10.1 Å². The minimum atomic E-state index is 0.584. The Bertz CT molecular complexity index is 159. The molecule has 0 fully saturated rings. The summed E-state index contributed by atoms with van der Waals surface area (Å²) in [6.07, 6.45) is 3.75. The minimum absolute atomic E-state index is 0.584. The van der Waals surface area contributed by atoms with Crippen molar-refractivity contribution < 1.29 is 0 Å². The van der Waals surface area contributed by atoms with Crippen LogP contribution in [0, 0.1) is 5.92 Å². The molecule has 2 N–H and O–H groups in total. The summed E-state index contributed by atoms with van der Waals surface area (Å²) in [5.74, 6) is 5.78. The van der Waals surface area contributed by atoms with Gasteiger partial charge in [-0.3, -0.25) is 4.99 Å².